The summed E-state index contributed by atoms with van der Waals surface area (Å²) in [5.41, 5.74) is 5.89. The van der Waals surface area contributed by atoms with Crippen molar-refractivity contribution in [2.75, 3.05) is 23.7 Å². The molecule has 0 amide bonds. The molecule has 2 rings (SSSR count). The maximum atomic E-state index is 12.8. The minimum Gasteiger partial charge on any atom is -0.398 e. The SMILES string of the molecule is Nc1cc(N2CCCC(C(F)(F)F)C2)cc([N+](=O)[O-])c1. The number of piperidine rings is 1. The Kier molecular flexibility index (Phi) is 3.74. The predicted molar refractivity (Wildman–Crippen MR) is 68.5 cm³/mol. The summed E-state index contributed by atoms with van der Waals surface area (Å²) < 4.78 is 38.3. The number of rotatable bonds is 2. The number of hydrogen-bond donors (Lipinski definition) is 1. The molecule has 0 aliphatic carbocycles. The summed E-state index contributed by atoms with van der Waals surface area (Å²) in [5, 5.41) is 10.8. The van der Waals surface area contributed by atoms with Crippen LogP contribution in [0.2, 0.25) is 0 Å². The van der Waals surface area contributed by atoms with Crippen LogP contribution in [0.3, 0.4) is 0 Å². The van der Waals surface area contributed by atoms with E-state index in [0.717, 1.165) is 0 Å². The monoisotopic (exact) mass is 289 g/mol. The molecule has 20 heavy (non-hydrogen) atoms. The van der Waals surface area contributed by atoms with Crippen LogP contribution in [0.15, 0.2) is 18.2 Å². The average molecular weight is 289 g/mol. The molecule has 1 atom stereocenters. The molecule has 1 aliphatic heterocycles. The van der Waals surface area contributed by atoms with Crippen molar-refractivity contribution in [3.05, 3.63) is 28.3 Å². The van der Waals surface area contributed by atoms with Crippen LogP contribution in [0, 0.1) is 16.0 Å². The highest BCUT2D eigenvalue weighted by atomic mass is 19.4. The van der Waals surface area contributed by atoms with Crippen LogP contribution in [0.1, 0.15) is 12.8 Å². The molecule has 0 spiro atoms. The highest BCUT2D eigenvalue weighted by Gasteiger charge is 2.41. The van der Waals surface area contributed by atoms with E-state index in [1.807, 2.05) is 0 Å². The molecule has 110 valence electrons. The highest BCUT2D eigenvalue weighted by Crippen LogP contribution is 2.36. The Morgan fingerprint density at radius 3 is 2.65 bits per heavy atom. The largest absolute Gasteiger partial charge is 0.398 e. The molecule has 8 heteroatoms. The van der Waals surface area contributed by atoms with E-state index in [1.54, 1.807) is 0 Å². The summed E-state index contributed by atoms with van der Waals surface area (Å²) in [6, 6.07) is 3.91. The lowest BCUT2D eigenvalue weighted by atomic mass is 9.97. The van der Waals surface area contributed by atoms with Crippen molar-refractivity contribution in [2.24, 2.45) is 5.92 Å². The molecule has 1 heterocycles. The fourth-order valence-electron chi connectivity index (χ4n) is 2.38. The van der Waals surface area contributed by atoms with Gasteiger partial charge in [0.2, 0.25) is 0 Å². The number of non-ortho nitro benzene ring substituents is 1. The second kappa shape index (κ2) is 5.18. The highest BCUT2D eigenvalue weighted by molar-refractivity contribution is 5.63. The number of nitro benzene ring substituents is 1. The number of anilines is 2. The normalized spacial score (nSPS) is 19.9. The van der Waals surface area contributed by atoms with Gasteiger partial charge in [-0.3, -0.25) is 10.1 Å². The lowest BCUT2D eigenvalue weighted by Crippen LogP contribution is -2.41. The van der Waals surface area contributed by atoms with Crippen molar-refractivity contribution < 1.29 is 18.1 Å². The van der Waals surface area contributed by atoms with Gasteiger partial charge in [0.15, 0.2) is 0 Å². The lowest BCUT2D eigenvalue weighted by Gasteiger charge is -2.35. The molecule has 0 bridgehead atoms. The second-order valence-corrected chi connectivity index (χ2v) is 4.87. The zero-order valence-corrected chi connectivity index (χ0v) is 10.6. The third-order valence-electron chi connectivity index (χ3n) is 3.39. The van der Waals surface area contributed by atoms with Gasteiger partial charge in [-0.05, 0) is 18.9 Å². The molecule has 1 saturated heterocycles. The van der Waals surface area contributed by atoms with Gasteiger partial charge in [-0.25, -0.2) is 0 Å². The summed E-state index contributed by atoms with van der Waals surface area (Å²) >= 11 is 0. The van der Waals surface area contributed by atoms with E-state index in [9.17, 15) is 23.3 Å². The molecule has 1 aromatic rings. The van der Waals surface area contributed by atoms with Crippen LogP contribution in [0.5, 0.6) is 0 Å². The maximum absolute atomic E-state index is 12.8. The van der Waals surface area contributed by atoms with Gasteiger partial charge < -0.3 is 10.6 Å². The van der Waals surface area contributed by atoms with Crippen LogP contribution in [-0.2, 0) is 0 Å². The quantitative estimate of drug-likeness (QED) is 0.516. The van der Waals surface area contributed by atoms with Crippen LogP contribution in [-0.4, -0.2) is 24.2 Å². The smallest absolute Gasteiger partial charge is 0.393 e. The van der Waals surface area contributed by atoms with Crippen molar-refractivity contribution in [1.82, 2.24) is 0 Å². The van der Waals surface area contributed by atoms with Crippen molar-refractivity contribution in [3.63, 3.8) is 0 Å². The summed E-state index contributed by atoms with van der Waals surface area (Å²) in [7, 11) is 0. The molecule has 2 N–H and O–H groups in total. The van der Waals surface area contributed by atoms with Gasteiger partial charge in [-0.15, -0.1) is 0 Å². The van der Waals surface area contributed by atoms with E-state index in [4.69, 9.17) is 5.73 Å². The second-order valence-electron chi connectivity index (χ2n) is 4.87. The van der Waals surface area contributed by atoms with Gasteiger partial charge in [-0.2, -0.15) is 13.2 Å². The summed E-state index contributed by atoms with van der Waals surface area (Å²) in [4.78, 5) is 11.7. The minimum atomic E-state index is -4.25. The van der Waals surface area contributed by atoms with Crippen LogP contribution in [0.25, 0.3) is 0 Å². The molecule has 0 aromatic heterocycles. The van der Waals surface area contributed by atoms with Gasteiger partial charge in [0, 0.05) is 36.6 Å². The van der Waals surface area contributed by atoms with E-state index in [-0.39, 0.29) is 24.3 Å². The standard InChI is InChI=1S/C12H14F3N3O2/c13-12(14,15)8-2-1-3-17(7-8)10-4-9(16)5-11(6-10)18(19)20/h4-6,8H,1-3,7,16H2. The molecule has 1 aromatic carbocycles. The summed E-state index contributed by atoms with van der Waals surface area (Å²) in [5.74, 6) is -1.41. The van der Waals surface area contributed by atoms with Crippen LogP contribution >= 0.6 is 0 Å². The third-order valence-corrected chi connectivity index (χ3v) is 3.39. The van der Waals surface area contributed by atoms with E-state index in [1.165, 1.54) is 23.1 Å². The van der Waals surface area contributed by atoms with Crippen molar-refractivity contribution in [2.45, 2.75) is 19.0 Å². The van der Waals surface area contributed by atoms with Crippen molar-refractivity contribution in [3.8, 4) is 0 Å². The number of halogens is 3. The Bertz CT molecular complexity index is 519. The number of nitro groups is 1. The number of alkyl halides is 3. The van der Waals surface area contributed by atoms with E-state index in [2.05, 4.69) is 0 Å². The lowest BCUT2D eigenvalue weighted by molar-refractivity contribution is -0.384. The van der Waals surface area contributed by atoms with Gasteiger partial charge in [0.1, 0.15) is 0 Å². The molecule has 1 unspecified atom stereocenters. The minimum absolute atomic E-state index is 0.0877. The number of nitrogens with zero attached hydrogens (tertiary/aromatic N) is 2. The maximum Gasteiger partial charge on any atom is 0.393 e. The Hall–Kier alpha value is -1.99. The molecule has 1 aliphatic rings. The van der Waals surface area contributed by atoms with E-state index < -0.39 is 17.0 Å². The van der Waals surface area contributed by atoms with Gasteiger partial charge >= 0.3 is 6.18 Å². The topological polar surface area (TPSA) is 72.4 Å². The van der Waals surface area contributed by atoms with Gasteiger partial charge in [0.25, 0.3) is 5.69 Å². The van der Waals surface area contributed by atoms with Crippen molar-refractivity contribution in [1.29, 1.82) is 0 Å². The molecular formula is C12H14F3N3O2. The Balaban J connectivity index is 2.25. The van der Waals surface area contributed by atoms with Crippen molar-refractivity contribution >= 4 is 17.1 Å². The average Bonchev–Trinajstić information content (AvgIpc) is 2.37. The predicted octanol–water partition coefficient (Wildman–Crippen LogP) is 2.96. The molecule has 0 radical (unpaired) electrons. The first kappa shape index (κ1) is 14.4. The van der Waals surface area contributed by atoms with Gasteiger partial charge in [-0.1, -0.05) is 0 Å². The fraction of sp³-hybridized carbons (Fsp3) is 0.500. The van der Waals surface area contributed by atoms with Gasteiger partial charge in [0.05, 0.1) is 10.8 Å². The first-order valence-electron chi connectivity index (χ1n) is 6.14. The van der Waals surface area contributed by atoms with E-state index >= 15 is 0 Å². The molecule has 5 nitrogen and oxygen atoms in total. The Morgan fingerprint density at radius 2 is 2.05 bits per heavy atom. The zero-order valence-electron chi connectivity index (χ0n) is 10.6. The fourth-order valence-corrected chi connectivity index (χ4v) is 2.38. The van der Waals surface area contributed by atoms with Crippen LogP contribution in [0.4, 0.5) is 30.2 Å². The Labute approximate surface area is 113 Å². The molecular weight excluding hydrogens is 275 g/mol. The molecule has 1 fully saturated rings. The van der Waals surface area contributed by atoms with E-state index in [0.29, 0.717) is 18.7 Å². The summed E-state index contributed by atoms with van der Waals surface area (Å²) in [6.07, 6.45) is -3.76. The number of nitrogens with two attached hydrogens (primary N) is 1. The zero-order chi connectivity index (χ0) is 14.9. The summed E-state index contributed by atoms with van der Waals surface area (Å²) in [6.45, 7) is 0.247. The third kappa shape index (κ3) is 3.12. The molecule has 0 saturated carbocycles. The first-order chi connectivity index (χ1) is 9.27. The first-order valence-corrected chi connectivity index (χ1v) is 6.14. The number of benzene rings is 1. The van der Waals surface area contributed by atoms with Crippen LogP contribution < -0.4 is 10.6 Å². The number of nitrogen functional groups attached to an aromatic ring is 1. The Morgan fingerprint density at radius 1 is 1.35 bits per heavy atom. The number of hydrogen-bond acceptors (Lipinski definition) is 4.